The Labute approximate surface area is 145 Å². The van der Waals surface area contributed by atoms with Crippen molar-refractivity contribution < 1.29 is 4.79 Å². The molecule has 0 spiro atoms. The van der Waals surface area contributed by atoms with Gasteiger partial charge in [-0.2, -0.15) is 0 Å². The lowest BCUT2D eigenvalue weighted by Gasteiger charge is -2.34. The Hall–Kier alpha value is -0.400. The predicted octanol–water partition coefficient (Wildman–Crippen LogP) is 4.18. The normalized spacial score (nSPS) is 16.4. The molecule has 0 bridgehead atoms. The van der Waals surface area contributed by atoms with E-state index in [4.69, 9.17) is 11.6 Å². The van der Waals surface area contributed by atoms with Gasteiger partial charge >= 0.3 is 0 Å². The van der Waals surface area contributed by atoms with Crippen LogP contribution in [0.25, 0.3) is 0 Å². The van der Waals surface area contributed by atoms with Gasteiger partial charge < -0.3 is 4.90 Å². The van der Waals surface area contributed by atoms with E-state index in [0.29, 0.717) is 0 Å². The number of halogens is 2. The van der Waals surface area contributed by atoms with Crippen LogP contribution in [0.5, 0.6) is 0 Å². The average molecular weight is 406 g/mol. The third kappa shape index (κ3) is 3.87. The van der Waals surface area contributed by atoms with Crippen LogP contribution in [-0.4, -0.2) is 41.9 Å². The van der Waals surface area contributed by atoms with Crippen LogP contribution in [0.4, 0.5) is 0 Å². The summed E-state index contributed by atoms with van der Waals surface area (Å²) in [6.45, 7) is 4.30. The molecule has 0 radical (unpaired) electrons. The van der Waals surface area contributed by atoms with E-state index in [-0.39, 0.29) is 5.91 Å². The van der Waals surface area contributed by atoms with Gasteiger partial charge in [0.2, 0.25) is 0 Å². The van der Waals surface area contributed by atoms with Gasteiger partial charge in [0.15, 0.2) is 0 Å². The summed E-state index contributed by atoms with van der Waals surface area (Å²) in [5.41, 5.74) is 0.783. The molecule has 2 aromatic rings. The summed E-state index contributed by atoms with van der Waals surface area (Å²) in [4.78, 5) is 17.9. The van der Waals surface area contributed by atoms with E-state index in [1.807, 2.05) is 22.4 Å². The van der Waals surface area contributed by atoms with Crippen molar-refractivity contribution >= 4 is 56.1 Å². The first-order valence-corrected chi connectivity index (χ1v) is 9.48. The molecular weight excluding hydrogens is 392 g/mol. The van der Waals surface area contributed by atoms with Crippen LogP contribution in [0.3, 0.4) is 0 Å². The Morgan fingerprint density at radius 2 is 2.05 bits per heavy atom. The van der Waals surface area contributed by atoms with Crippen LogP contribution >= 0.6 is 50.2 Å². The van der Waals surface area contributed by atoms with E-state index in [1.54, 1.807) is 22.7 Å². The first-order valence-electron chi connectivity index (χ1n) is 6.62. The molecule has 0 unspecified atom stereocenters. The molecule has 0 saturated carbocycles. The minimum absolute atomic E-state index is 0.135. The molecule has 1 amide bonds. The predicted molar refractivity (Wildman–Crippen MR) is 92.5 cm³/mol. The highest BCUT2D eigenvalue weighted by Crippen LogP contribution is 2.24. The number of amides is 1. The topological polar surface area (TPSA) is 23.6 Å². The van der Waals surface area contributed by atoms with Gasteiger partial charge in [0, 0.05) is 43.0 Å². The van der Waals surface area contributed by atoms with Gasteiger partial charge in [-0.1, -0.05) is 11.6 Å². The first kappa shape index (κ1) is 15.5. The van der Waals surface area contributed by atoms with Crippen molar-refractivity contribution in [3.05, 3.63) is 42.1 Å². The average Bonchev–Trinajstić information content (AvgIpc) is 3.08. The van der Waals surface area contributed by atoms with Gasteiger partial charge in [-0.25, -0.2) is 0 Å². The number of piperazine rings is 1. The molecule has 1 aliphatic rings. The zero-order valence-corrected chi connectivity index (χ0v) is 15.2. The Kier molecular flexibility index (Phi) is 5.01. The lowest BCUT2D eigenvalue weighted by Crippen LogP contribution is -2.48. The van der Waals surface area contributed by atoms with Gasteiger partial charge in [-0.15, -0.1) is 22.7 Å². The third-order valence-electron chi connectivity index (χ3n) is 3.48. The Bertz CT molecular complexity index is 634. The Balaban J connectivity index is 1.54. The van der Waals surface area contributed by atoms with Crippen LogP contribution in [0.2, 0.25) is 4.34 Å². The second kappa shape index (κ2) is 6.79. The van der Waals surface area contributed by atoms with Gasteiger partial charge in [0.1, 0.15) is 0 Å². The largest absolute Gasteiger partial charge is 0.336 e. The van der Waals surface area contributed by atoms with E-state index in [1.165, 1.54) is 4.88 Å². The van der Waals surface area contributed by atoms with Gasteiger partial charge in [-0.05, 0) is 34.1 Å². The van der Waals surface area contributed by atoms with Gasteiger partial charge in [0.25, 0.3) is 5.91 Å². The number of thiophene rings is 2. The fourth-order valence-electron chi connectivity index (χ4n) is 2.37. The van der Waals surface area contributed by atoms with Crippen molar-refractivity contribution in [1.29, 1.82) is 0 Å². The van der Waals surface area contributed by atoms with E-state index < -0.39 is 0 Å². The molecule has 7 heteroatoms. The van der Waals surface area contributed by atoms with Crippen LogP contribution in [0.1, 0.15) is 15.2 Å². The Morgan fingerprint density at radius 1 is 1.29 bits per heavy atom. The molecule has 1 saturated heterocycles. The summed E-state index contributed by atoms with van der Waals surface area (Å²) in [6, 6.07) is 5.91. The molecule has 0 atom stereocenters. The molecule has 3 heterocycles. The van der Waals surface area contributed by atoms with E-state index >= 15 is 0 Å². The number of hydrogen-bond acceptors (Lipinski definition) is 4. The molecule has 3 nitrogen and oxygen atoms in total. The van der Waals surface area contributed by atoms with E-state index in [0.717, 1.165) is 46.4 Å². The van der Waals surface area contributed by atoms with Gasteiger partial charge in [0.05, 0.1) is 13.7 Å². The third-order valence-corrected chi connectivity index (χ3v) is 6.20. The molecule has 2 aromatic heterocycles. The fraction of sp³-hybridized carbons (Fsp3) is 0.357. The summed E-state index contributed by atoms with van der Waals surface area (Å²) >= 11 is 12.5. The molecule has 0 aromatic carbocycles. The summed E-state index contributed by atoms with van der Waals surface area (Å²) in [5, 5.41) is 1.91. The van der Waals surface area contributed by atoms with Crippen molar-refractivity contribution in [3.63, 3.8) is 0 Å². The second-order valence-electron chi connectivity index (χ2n) is 4.91. The van der Waals surface area contributed by atoms with Crippen molar-refractivity contribution in [3.8, 4) is 0 Å². The molecule has 3 rings (SSSR count). The molecule has 21 heavy (non-hydrogen) atoms. The van der Waals surface area contributed by atoms with Crippen molar-refractivity contribution in [2.75, 3.05) is 26.2 Å². The second-order valence-corrected chi connectivity index (χ2v) is 9.00. The van der Waals surface area contributed by atoms with E-state index in [9.17, 15) is 4.79 Å². The number of nitrogens with zero attached hydrogens (tertiary/aromatic N) is 2. The van der Waals surface area contributed by atoms with Crippen molar-refractivity contribution in [2.45, 2.75) is 6.54 Å². The smallest absolute Gasteiger partial charge is 0.254 e. The van der Waals surface area contributed by atoms with Crippen LogP contribution in [-0.2, 0) is 6.54 Å². The standard InChI is InChI=1S/C14H14BrClN2OS2/c15-12-7-10(9-20-12)14(19)18-5-3-17(4-6-18)8-11-1-2-13(16)21-11/h1-2,7,9H,3-6,8H2. The number of carbonyl (C=O) groups excluding carboxylic acids is 1. The highest BCUT2D eigenvalue weighted by Gasteiger charge is 2.23. The zero-order valence-electron chi connectivity index (χ0n) is 11.2. The number of carbonyl (C=O) groups is 1. The summed E-state index contributed by atoms with van der Waals surface area (Å²) in [7, 11) is 0. The molecule has 0 aliphatic carbocycles. The highest BCUT2D eigenvalue weighted by molar-refractivity contribution is 9.11. The van der Waals surface area contributed by atoms with Crippen LogP contribution < -0.4 is 0 Å². The summed E-state index contributed by atoms with van der Waals surface area (Å²) < 4.78 is 1.83. The molecule has 0 N–H and O–H groups in total. The van der Waals surface area contributed by atoms with Crippen molar-refractivity contribution in [2.24, 2.45) is 0 Å². The molecular formula is C14H14BrClN2OS2. The maximum absolute atomic E-state index is 12.4. The van der Waals surface area contributed by atoms with Gasteiger partial charge in [-0.3, -0.25) is 9.69 Å². The lowest BCUT2D eigenvalue weighted by atomic mass is 10.2. The van der Waals surface area contributed by atoms with E-state index in [2.05, 4.69) is 26.9 Å². The minimum Gasteiger partial charge on any atom is -0.336 e. The number of hydrogen-bond donors (Lipinski definition) is 0. The zero-order chi connectivity index (χ0) is 14.8. The molecule has 1 aliphatic heterocycles. The molecule has 112 valence electrons. The fourth-order valence-corrected chi connectivity index (χ4v) is 4.63. The highest BCUT2D eigenvalue weighted by atomic mass is 79.9. The maximum atomic E-state index is 12.4. The van der Waals surface area contributed by atoms with Crippen LogP contribution in [0, 0.1) is 0 Å². The number of rotatable bonds is 3. The monoisotopic (exact) mass is 404 g/mol. The lowest BCUT2D eigenvalue weighted by molar-refractivity contribution is 0.0630. The summed E-state index contributed by atoms with van der Waals surface area (Å²) in [6.07, 6.45) is 0. The SMILES string of the molecule is O=C(c1csc(Br)c1)N1CCN(Cc2ccc(Cl)s2)CC1. The Morgan fingerprint density at radius 3 is 2.62 bits per heavy atom. The quantitative estimate of drug-likeness (QED) is 0.764. The summed E-state index contributed by atoms with van der Waals surface area (Å²) in [5.74, 6) is 0.135. The maximum Gasteiger partial charge on any atom is 0.254 e. The first-order chi connectivity index (χ1) is 10.1. The molecule has 1 fully saturated rings. The van der Waals surface area contributed by atoms with Crippen LogP contribution in [0.15, 0.2) is 27.4 Å². The minimum atomic E-state index is 0.135. The van der Waals surface area contributed by atoms with Crippen molar-refractivity contribution in [1.82, 2.24) is 9.80 Å².